The Balaban J connectivity index is 1.71. The minimum absolute atomic E-state index is 0.0264. The summed E-state index contributed by atoms with van der Waals surface area (Å²) >= 11 is 12.4. The van der Waals surface area contributed by atoms with Crippen LogP contribution < -0.4 is 0 Å². The standard InChI is InChI=1S/C22H21ClN2O3S/c1-12-7-16-17(8-13(12)2)25(18-9-19(26)21-27-11-20(18)28-21)22(29)24(16)10-14-5-3-4-6-15(14)23/h3-8,18,20-21H,9-11H2,1-2H3/t18-,20+,21+/m1/s1. The minimum atomic E-state index is -0.717. The largest absolute Gasteiger partial charge is 0.343 e. The quantitative estimate of drug-likeness (QED) is 0.565. The second-order valence-corrected chi connectivity index (χ2v) is 8.61. The number of carbonyl (C=O) groups is 1. The van der Waals surface area contributed by atoms with Crippen LogP contribution in [0.1, 0.15) is 29.2 Å². The third-order valence-electron chi connectivity index (χ3n) is 6.01. The number of aryl methyl sites for hydroxylation is 2. The van der Waals surface area contributed by atoms with Gasteiger partial charge in [0.15, 0.2) is 10.6 Å². The third-order valence-corrected chi connectivity index (χ3v) is 6.79. The van der Waals surface area contributed by atoms with Crippen molar-refractivity contribution >= 4 is 40.6 Å². The van der Waals surface area contributed by atoms with Gasteiger partial charge in [-0.3, -0.25) is 4.79 Å². The van der Waals surface area contributed by atoms with E-state index in [9.17, 15) is 4.79 Å². The highest BCUT2D eigenvalue weighted by atomic mass is 35.5. The van der Waals surface area contributed by atoms with E-state index < -0.39 is 6.29 Å². The van der Waals surface area contributed by atoms with Gasteiger partial charge in [-0.1, -0.05) is 29.8 Å². The summed E-state index contributed by atoms with van der Waals surface area (Å²) in [7, 11) is 0. The van der Waals surface area contributed by atoms with Crippen molar-refractivity contribution in [2.24, 2.45) is 0 Å². The zero-order chi connectivity index (χ0) is 20.3. The van der Waals surface area contributed by atoms with Gasteiger partial charge in [-0.15, -0.1) is 0 Å². The minimum Gasteiger partial charge on any atom is -0.343 e. The highest BCUT2D eigenvalue weighted by Gasteiger charge is 2.44. The first-order valence-electron chi connectivity index (χ1n) is 9.69. The number of hydrogen-bond donors (Lipinski definition) is 0. The van der Waals surface area contributed by atoms with Gasteiger partial charge in [-0.05, 0) is 61.0 Å². The molecule has 29 heavy (non-hydrogen) atoms. The normalized spacial score (nSPS) is 23.8. The van der Waals surface area contributed by atoms with Gasteiger partial charge in [0.2, 0.25) is 6.29 Å². The lowest BCUT2D eigenvalue weighted by Gasteiger charge is -2.28. The summed E-state index contributed by atoms with van der Waals surface area (Å²) in [5.41, 5.74) is 5.42. The Morgan fingerprint density at radius 2 is 1.90 bits per heavy atom. The first-order chi connectivity index (χ1) is 13.9. The van der Waals surface area contributed by atoms with Crippen LogP contribution in [0.2, 0.25) is 5.02 Å². The molecule has 2 saturated heterocycles. The molecule has 150 valence electrons. The van der Waals surface area contributed by atoms with E-state index in [4.69, 9.17) is 33.3 Å². The fraction of sp³-hybridized carbons (Fsp3) is 0.364. The van der Waals surface area contributed by atoms with E-state index in [-0.39, 0.29) is 17.9 Å². The summed E-state index contributed by atoms with van der Waals surface area (Å²) in [5.74, 6) is -0.0264. The summed E-state index contributed by atoms with van der Waals surface area (Å²) in [6, 6.07) is 11.9. The molecule has 2 fully saturated rings. The van der Waals surface area contributed by atoms with Crippen molar-refractivity contribution in [1.29, 1.82) is 0 Å². The van der Waals surface area contributed by atoms with E-state index in [1.807, 2.05) is 24.3 Å². The molecule has 0 aliphatic carbocycles. The Hall–Kier alpha value is -1.99. The van der Waals surface area contributed by atoms with Crippen molar-refractivity contribution < 1.29 is 14.3 Å². The van der Waals surface area contributed by atoms with Crippen molar-refractivity contribution in [1.82, 2.24) is 9.13 Å². The smallest absolute Gasteiger partial charge is 0.218 e. The van der Waals surface area contributed by atoms with Crippen molar-refractivity contribution in [2.45, 2.75) is 45.2 Å². The Labute approximate surface area is 178 Å². The number of nitrogens with zero attached hydrogens (tertiary/aromatic N) is 2. The molecule has 2 aliphatic rings. The van der Waals surface area contributed by atoms with Crippen molar-refractivity contribution in [3.05, 3.63) is 62.9 Å². The number of rotatable bonds is 3. The molecular weight excluding hydrogens is 408 g/mol. The number of benzene rings is 2. The van der Waals surface area contributed by atoms with E-state index in [1.54, 1.807) is 0 Å². The van der Waals surface area contributed by atoms with Crippen LogP contribution in [0, 0.1) is 18.6 Å². The van der Waals surface area contributed by atoms with Crippen LogP contribution in [0.5, 0.6) is 0 Å². The molecule has 0 amide bonds. The van der Waals surface area contributed by atoms with Crippen LogP contribution >= 0.6 is 23.8 Å². The van der Waals surface area contributed by atoms with Crippen LogP contribution in [0.15, 0.2) is 36.4 Å². The summed E-state index contributed by atoms with van der Waals surface area (Å²) in [4.78, 5) is 12.4. The summed E-state index contributed by atoms with van der Waals surface area (Å²) in [5, 5.41) is 0.711. The first kappa shape index (κ1) is 19.0. The van der Waals surface area contributed by atoms with Gasteiger partial charge in [0.1, 0.15) is 6.10 Å². The lowest BCUT2D eigenvalue weighted by atomic mass is 10.0. The molecule has 0 saturated carbocycles. The molecule has 2 bridgehead atoms. The third kappa shape index (κ3) is 3.06. The van der Waals surface area contributed by atoms with E-state index in [2.05, 4.69) is 35.1 Å². The predicted octanol–water partition coefficient (Wildman–Crippen LogP) is 4.75. The Kier molecular flexibility index (Phi) is 4.62. The van der Waals surface area contributed by atoms with Crippen molar-refractivity contribution in [3.8, 4) is 0 Å². The van der Waals surface area contributed by atoms with Gasteiger partial charge in [-0.25, -0.2) is 0 Å². The average molecular weight is 429 g/mol. The van der Waals surface area contributed by atoms with Crippen LogP contribution in [0.3, 0.4) is 0 Å². The van der Waals surface area contributed by atoms with E-state index >= 15 is 0 Å². The number of carbonyl (C=O) groups excluding carboxylic acids is 1. The SMILES string of the molecule is Cc1cc2c(cc1C)n([C@@H]1CC(=O)[C@H]3OC[C@@H]1O3)c(=S)n2Cc1ccccc1Cl. The first-order valence-corrected chi connectivity index (χ1v) is 10.5. The number of ketones is 1. The molecule has 0 radical (unpaired) electrons. The molecule has 5 nitrogen and oxygen atoms in total. The average Bonchev–Trinajstić information content (AvgIpc) is 3.23. The van der Waals surface area contributed by atoms with Gasteiger partial charge < -0.3 is 18.6 Å². The molecule has 3 aromatic rings. The molecule has 5 rings (SSSR count). The van der Waals surface area contributed by atoms with Gasteiger partial charge in [0.05, 0.1) is 30.2 Å². The highest BCUT2D eigenvalue weighted by molar-refractivity contribution is 7.71. The number of fused-ring (bicyclic) bond motifs is 3. The second kappa shape index (κ2) is 7.06. The number of ether oxygens (including phenoxy) is 2. The molecule has 1 aromatic heterocycles. The Bertz CT molecular complexity index is 1200. The Morgan fingerprint density at radius 1 is 1.17 bits per heavy atom. The zero-order valence-corrected chi connectivity index (χ0v) is 17.8. The predicted molar refractivity (Wildman–Crippen MR) is 114 cm³/mol. The second-order valence-electron chi connectivity index (χ2n) is 7.83. The maximum absolute atomic E-state index is 12.4. The number of Topliss-reactive ketones (excluding diaryl/α,β-unsaturated/α-hetero) is 1. The maximum Gasteiger partial charge on any atom is 0.218 e. The van der Waals surface area contributed by atoms with Crippen LogP contribution in [0.4, 0.5) is 0 Å². The zero-order valence-electron chi connectivity index (χ0n) is 16.2. The fourth-order valence-corrected chi connectivity index (χ4v) is 4.87. The molecule has 3 atom stereocenters. The molecular formula is C22H21ClN2O3S. The van der Waals surface area contributed by atoms with Gasteiger partial charge in [0, 0.05) is 11.4 Å². The topological polar surface area (TPSA) is 45.4 Å². The molecule has 7 heteroatoms. The van der Waals surface area contributed by atoms with Crippen LogP contribution in [-0.4, -0.2) is 33.9 Å². The fourth-order valence-electron chi connectivity index (χ4n) is 4.28. The van der Waals surface area contributed by atoms with Gasteiger partial charge in [0.25, 0.3) is 0 Å². The lowest BCUT2D eigenvalue weighted by molar-refractivity contribution is -0.156. The highest BCUT2D eigenvalue weighted by Crippen LogP contribution is 2.37. The van der Waals surface area contributed by atoms with Crippen LogP contribution in [-0.2, 0) is 20.8 Å². The summed E-state index contributed by atoms with van der Waals surface area (Å²) in [6.45, 7) is 5.16. The molecule has 2 aliphatic heterocycles. The summed E-state index contributed by atoms with van der Waals surface area (Å²) in [6.07, 6.45) is -0.529. The number of imidazole rings is 1. The number of halogens is 1. The van der Waals surface area contributed by atoms with Gasteiger partial charge >= 0.3 is 0 Å². The number of aromatic nitrogens is 2. The van der Waals surface area contributed by atoms with Crippen molar-refractivity contribution in [2.75, 3.05) is 6.61 Å². The molecule has 0 unspecified atom stereocenters. The van der Waals surface area contributed by atoms with E-state index in [0.717, 1.165) is 16.6 Å². The molecule has 0 spiro atoms. The monoisotopic (exact) mass is 428 g/mol. The van der Waals surface area contributed by atoms with Gasteiger partial charge in [-0.2, -0.15) is 0 Å². The Morgan fingerprint density at radius 3 is 2.66 bits per heavy atom. The lowest BCUT2D eigenvalue weighted by Crippen LogP contribution is -2.37. The van der Waals surface area contributed by atoms with E-state index in [0.29, 0.717) is 29.4 Å². The number of hydrogen-bond acceptors (Lipinski definition) is 4. The van der Waals surface area contributed by atoms with Crippen molar-refractivity contribution in [3.63, 3.8) is 0 Å². The molecule has 3 heterocycles. The summed E-state index contributed by atoms with van der Waals surface area (Å²) < 4.78 is 16.2. The maximum atomic E-state index is 12.4. The molecule has 2 aromatic carbocycles. The van der Waals surface area contributed by atoms with Crippen LogP contribution in [0.25, 0.3) is 11.0 Å². The molecule has 0 N–H and O–H groups in total. The van der Waals surface area contributed by atoms with E-state index in [1.165, 1.54) is 11.1 Å².